The fourth-order valence-corrected chi connectivity index (χ4v) is 4.52. The summed E-state index contributed by atoms with van der Waals surface area (Å²) in [5, 5.41) is 9.38. The Hall–Kier alpha value is -1.64. The average Bonchev–Trinajstić information content (AvgIpc) is 2.94. The quantitative estimate of drug-likeness (QED) is 0.804. The SMILES string of the molecule is CCN(CC)S(=O)(=O)N1C[C@@H](Oc2ccccc2)C[C@H]1C(=O)O. The summed E-state index contributed by atoms with van der Waals surface area (Å²) in [5.74, 6) is -0.552. The van der Waals surface area contributed by atoms with E-state index in [1.807, 2.05) is 18.2 Å². The van der Waals surface area contributed by atoms with Gasteiger partial charge in [0, 0.05) is 19.5 Å². The zero-order valence-electron chi connectivity index (χ0n) is 13.3. The summed E-state index contributed by atoms with van der Waals surface area (Å²) in [6.07, 6.45) is -0.353. The van der Waals surface area contributed by atoms with Gasteiger partial charge >= 0.3 is 5.97 Å². The van der Waals surface area contributed by atoms with E-state index in [2.05, 4.69) is 0 Å². The van der Waals surface area contributed by atoms with Crippen molar-refractivity contribution in [2.75, 3.05) is 19.6 Å². The predicted octanol–water partition coefficient (Wildman–Crippen LogP) is 1.18. The van der Waals surface area contributed by atoms with Crippen molar-refractivity contribution in [3.05, 3.63) is 30.3 Å². The van der Waals surface area contributed by atoms with E-state index < -0.39 is 28.3 Å². The van der Waals surface area contributed by atoms with Gasteiger partial charge in [-0.25, -0.2) is 0 Å². The Morgan fingerprint density at radius 1 is 1.30 bits per heavy atom. The first-order chi connectivity index (χ1) is 10.9. The Morgan fingerprint density at radius 3 is 2.43 bits per heavy atom. The third-order valence-electron chi connectivity index (χ3n) is 3.88. The van der Waals surface area contributed by atoms with Gasteiger partial charge in [0.05, 0.1) is 6.54 Å². The predicted molar refractivity (Wildman–Crippen MR) is 85.4 cm³/mol. The van der Waals surface area contributed by atoms with Gasteiger partial charge in [-0.2, -0.15) is 17.0 Å². The van der Waals surface area contributed by atoms with Crippen molar-refractivity contribution in [1.82, 2.24) is 8.61 Å². The third-order valence-corrected chi connectivity index (χ3v) is 6.04. The van der Waals surface area contributed by atoms with Crippen LogP contribution in [-0.2, 0) is 15.0 Å². The van der Waals surface area contributed by atoms with E-state index in [1.165, 1.54) is 4.31 Å². The molecule has 0 radical (unpaired) electrons. The summed E-state index contributed by atoms with van der Waals surface area (Å²) < 4.78 is 33.3. The lowest BCUT2D eigenvalue weighted by Gasteiger charge is -2.27. The van der Waals surface area contributed by atoms with E-state index in [1.54, 1.807) is 26.0 Å². The van der Waals surface area contributed by atoms with Gasteiger partial charge < -0.3 is 9.84 Å². The lowest BCUT2D eigenvalue weighted by atomic mass is 10.2. The van der Waals surface area contributed by atoms with E-state index in [4.69, 9.17) is 4.74 Å². The molecule has 1 saturated heterocycles. The first-order valence-corrected chi connectivity index (χ1v) is 9.01. The van der Waals surface area contributed by atoms with Crippen molar-refractivity contribution >= 4 is 16.2 Å². The van der Waals surface area contributed by atoms with Crippen molar-refractivity contribution in [3.63, 3.8) is 0 Å². The first-order valence-electron chi connectivity index (χ1n) is 7.61. The van der Waals surface area contributed by atoms with Crippen molar-refractivity contribution < 1.29 is 23.1 Å². The summed E-state index contributed by atoms with van der Waals surface area (Å²) in [6.45, 7) is 4.08. The molecule has 1 N–H and O–H groups in total. The Morgan fingerprint density at radius 2 is 1.91 bits per heavy atom. The number of ether oxygens (including phenoxy) is 1. The van der Waals surface area contributed by atoms with Gasteiger partial charge in [-0.3, -0.25) is 4.79 Å². The number of para-hydroxylation sites is 1. The molecule has 1 aromatic rings. The van der Waals surface area contributed by atoms with Crippen LogP contribution in [0, 0.1) is 0 Å². The van der Waals surface area contributed by atoms with Crippen LogP contribution in [0.3, 0.4) is 0 Å². The zero-order chi connectivity index (χ0) is 17.0. The highest BCUT2D eigenvalue weighted by Gasteiger charge is 2.46. The van der Waals surface area contributed by atoms with Crippen LogP contribution in [0.4, 0.5) is 0 Å². The van der Waals surface area contributed by atoms with Crippen LogP contribution < -0.4 is 4.74 Å². The second-order valence-corrected chi connectivity index (χ2v) is 7.19. The van der Waals surface area contributed by atoms with E-state index in [0.29, 0.717) is 18.8 Å². The van der Waals surface area contributed by atoms with Gasteiger partial charge in [-0.15, -0.1) is 0 Å². The lowest BCUT2D eigenvalue weighted by Crippen LogP contribution is -2.48. The monoisotopic (exact) mass is 342 g/mol. The molecule has 1 aliphatic rings. The number of carboxylic acids is 1. The van der Waals surface area contributed by atoms with Gasteiger partial charge in [0.15, 0.2) is 0 Å². The van der Waals surface area contributed by atoms with Gasteiger partial charge in [0.2, 0.25) is 0 Å². The van der Waals surface area contributed by atoms with E-state index >= 15 is 0 Å². The van der Waals surface area contributed by atoms with Gasteiger partial charge in [-0.05, 0) is 12.1 Å². The Balaban J connectivity index is 2.20. The molecule has 23 heavy (non-hydrogen) atoms. The highest BCUT2D eigenvalue weighted by atomic mass is 32.2. The molecule has 0 aliphatic carbocycles. The Labute approximate surface area is 136 Å². The second-order valence-electron chi connectivity index (χ2n) is 5.30. The number of rotatable bonds is 7. The molecule has 0 spiro atoms. The molecule has 7 nitrogen and oxygen atoms in total. The first kappa shape index (κ1) is 17.7. The molecule has 1 aromatic carbocycles. The summed E-state index contributed by atoms with van der Waals surface area (Å²) in [5.41, 5.74) is 0. The highest BCUT2D eigenvalue weighted by Crippen LogP contribution is 2.27. The molecule has 128 valence electrons. The van der Waals surface area contributed by atoms with Gasteiger partial charge in [0.25, 0.3) is 10.2 Å². The van der Waals surface area contributed by atoms with Crippen molar-refractivity contribution in [1.29, 1.82) is 0 Å². The molecule has 1 fully saturated rings. The maximum Gasteiger partial charge on any atom is 0.322 e. The minimum atomic E-state index is -3.81. The maximum atomic E-state index is 12.6. The molecule has 1 heterocycles. The number of hydrogen-bond donors (Lipinski definition) is 1. The number of carbonyl (C=O) groups is 1. The summed E-state index contributed by atoms with van der Waals surface area (Å²) in [6, 6.07) is 7.88. The summed E-state index contributed by atoms with van der Waals surface area (Å²) >= 11 is 0. The summed E-state index contributed by atoms with van der Waals surface area (Å²) in [4.78, 5) is 11.5. The maximum absolute atomic E-state index is 12.6. The molecule has 0 aromatic heterocycles. The normalized spacial score (nSPS) is 22.4. The minimum absolute atomic E-state index is 0.0324. The molecular weight excluding hydrogens is 320 g/mol. The van der Waals surface area contributed by atoms with E-state index in [-0.39, 0.29) is 13.0 Å². The van der Waals surface area contributed by atoms with E-state index in [9.17, 15) is 18.3 Å². The number of nitrogens with zero attached hydrogens (tertiary/aromatic N) is 2. The van der Waals surface area contributed by atoms with E-state index in [0.717, 1.165) is 4.31 Å². The van der Waals surface area contributed by atoms with Crippen LogP contribution >= 0.6 is 0 Å². The number of benzene rings is 1. The van der Waals surface area contributed by atoms with Crippen LogP contribution in [-0.4, -0.2) is 59.9 Å². The molecule has 8 heteroatoms. The number of hydrogen-bond acceptors (Lipinski definition) is 4. The second kappa shape index (κ2) is 7.29. The van der Waals surface area contributed by atoms with Crippen LogP contribution in [0.2, 0.25) is 0 Å². The topological polar surface area (TPSA) is 87.2 Å². The highest BCUT2D eigenvalue weighted by molar-refractivity contribution is 7.86. The van der Waals surface area contributed by atoms with Crippen LogP contribution in [0.5, 0.6) is 5.75 Å². The number of aliphatic carboxylic acids is 1. The molecule has 1 aliphatic heterocycles. The third kappa shape index (κ3) is 3.82. The molecular formula is C15H22N2O5S. The zero-order valence-corrected chi connectivity index (χ0v) is 14.1. The molecule has 0 saturated carbocycles. The lowest BCUT2D eigenvalue weighted by molar-refractivity contribution is -0.140. The standard InChI is InChI=1S/C15H22N2O5S/c1-3-16(4-2)23(20,21)17-11-13(10-14(17)15(18)19)22-12-8-6-5-7-9-12/h5-9,13-14H,3-4,10-11H2,1-2H3,(H,18,19)/t13-,14-/m0/s1. The van der Waals surface area contributed by atoms with Crippen LogP contribution in [0.15, 0.2) is 30.3 Å². The average molecular weight is 342 g/mol. The van der Waals surface area contributed by atoms with Crippen molar-refractivity contribution in [2.24, 2.45) is 0 Å². The molecule has 0 unspecified atom stereocenters. The van der Waals surface area contributed by atoms with Crippen LogP contribution in [0.25, 0.3) is 0 Å². The fraction of sp³-hybridized carbons (Fsp3) is 0.533. The smallest absolute Gasteiger partial charge is 0.322 e. The fourth-order valence-electron chi connectivity index (χ4n) is 2.72. The Kier molecular flexibility index (Phi) is 5.61. The van der Waals surface area contributed by atoms with Crippen molar-refractivity contribution in [3.8, 4) is 5.75 Å². The van der Waals surface area contributed by atoms with Gasteiger partial charge in [-0.1, -0.05) is 32.0 Å². The summed E-state index contributed by atoms with van der Waals surface area (Å²) in [7, 11) is -3.81. The Bertz CT molecular complexity index is 631. The largest absolute Gasteiger partial charge is 0.489 e. The molecule has 2 atom stereocenters. The van der Waals surface area contributed by atoms with Crippen molar-refractivity contribution in [2.45, 2.75) is 32.4 Å². The molecule has 2 rings (SSSR count). The minimum Gasteiger partial charge on any atom is -0.489 e. The van der Waals surface area contributed by atoms with Crippen LogP contribution in [0.1, 0.15) is 20.3 Å². The number of carboxylic acid groups (broad SMARTS) is 1. The molecule has 0 amide bonds. The van der Waals surface area contributed by atoms with Gasteiger partial charge in [0.1, 0.15) is 17.9 Å². The molecule has 0 bridgehead atoms.